The van der Waals surface area contributed by atoms with Gasteiger partial charge >= 0.3 is 0 Å². The number of aromatic nitrogens is 4. The third-order valence-electron chi connectivity index (χ3n) is 3.22. The summed E-state index contributed by atoms with van der Waals surface area (Å²) in [5.41, 5.74) is 2.27. The summed E-state index contributed by atoms with van der Waals surface area (Å²) in [5, 5.41) is 7.06. The van der Waals surface area contributed by atoms with Crippen LogP contribution in [0.5, 0.6) is 0 Å². The molecule has 0 aliphatic heterocycles. The summed E-state index contributed by atoms with van der Waals surface area (Å²) in [6.45, 7) is 4.38. The summed E-state index contributed by atoms with van der Waals surface area (Å²) < 4.78 is 1.76. The molecule has 0 aliphatic rings. The van der Waals surface area contributed by atoms with Gasteiger partial charge < -0.3 is 10.3 Å². The Hall–Kier alpha value is -2.63. The van der Waals surface area contributed by atoms with Crippen LogP contribution in [0.25, 0.3) is 11.0 Å². The molecule has 0 saturated carbocycles. The summed E-state index contributed by atoms with van der Waals surface area (Å²) in [7, 11) is 0. The third-order valence-corrected chi connectivity index (χ3v) is 3.22. The second-order valence-corrected chi connectivity index (χ2v) is 5.16. The van der Waals surface area contributed by atoms with E-state index in [9.17, 15) is 4.79 Å². The topological polar surface area (TPSA) is 75.6 Å². The Balaban J connectivity index is 1.67. The van der Waals surface area contributed by atoms with E-state index in [1.807, 2.05) is 38.1 Å². The minimum Gasteiger partial charge on any atom is -0.343 e. The minimum atomic E-state index is -0.199. The number of nitrogens with one attached hydrogen (secondary N) is 2. The van der Waals surface area contributed by atoms with Crippen molar-refractivity contribution < 1.29 is 4.79 Å². The van der Waals surface area contributed by atoms with E-state index in [0.717, 1.165) is 16.9 Å². The number of nitrogens with zero attached hydrogens (tertiary/aromatic N) is 3. The molecule has 6 heteroatoms. The zero-order valence-corrected chi connectivity index (χ0v) is 12.0. The first kappa shape index (κ1) is 13.4. The van der Waals surface area contributed by atoms with Gasteiger partial charge in [0, 0.05) is 12.2 Å². The Morgan fingerprint density at radius 2 is 2.14 bits per heavy atom. The lowest BCUT2D eigenvalue weighted by molar-refractivity contribution is 0.0944. The average Bonchev–Trinajstić information content (AvgIpc) is 3.11. The molecule has 0 atom stereocenters. The monoisotopic (exact) mass is 283 g/mol. The van der Waals surface area contributed by atoms with Gasteiger partial charge in [0.15, 0.2) is 0 Å². The normalized spacial score (nSPS) is 11.2. The van der Waals surface area contributed by atoms with Gasteiger partial charge in [0.2, 0.25) is 0 Å². The Morgan fingerprint density at radius 3 is 2.86 bits per heavy atom. The molecule has 6 nitrogen and oxygen atoms in total. The van der Waals surface area contributed by atoms with Crippen molar-refractivity contribution in [2.24, 2.45) is 0 Å². The number of fused-ring (bicyclic) bond motifs is 1. The Bertz CT molecular complexity index is 738. The summed E-state index contributed by atoms with van der Waals surface area (Å²) in [5.74, 6) is 0.530. The highest BCUT2D eigenvalue weighted by molar-refractivity contribution is 5.92. The summed E-state index contributed by atoms with van der Waals surface area (Å²) in [6.07, 6.45) is 1.81. The van der Waals surface area contributed by atoms with Crippen LogP contribution >= 0.6 is 0 Å². The van der Waals surface area contributed by atoms with Gasteiger partial charge in [-0.2, -0.15) is 5.10 Å². The number of carbonyl (C=O) groups is 1. The predicted molar refractivity (Wildman–Crippen MR) is 79.9 cm³/mol. The Kier molecular flexibility index (Phi) is 3.43. The highest BCUT2D eigenvalue weighted by Crippen LogP contribution is 2.10. The van der Waals surface area contributed by atoms with Crippen molar-refractivity contribution in [3.05, 3.63) is 48.0 Å². The maximum Gasteiger partial charge on any atom is 0.272 e. The number of hydrogen-bond acceptors (Lipinski definition) is 3. The second-order valence-electron chi connectivity index (χ2n) is 5.16. The van der Waals surface area contributed by atoms with E-state index >= 15 is 0 Å². The molecule has 1 amide bonds. The molecule has 3 rings (SSSR count). The van der Waals surface area contributed by atoms with Gasteiger partial charge in [-0.3, -0.25) is 9.48 Å². The van der Waals surface area contributed by atoms with E-state index in [1.54, 1.807) is 16.9 Å². The van der Waals surface area contributed by atoms with Gasteiger partial charge in [-0.1, -0.05) is 12.1 Å². The molecule has 108 valence electrons. The van der Waals surface area contributed by atoms with E-state index in [2.05, 4.69) is 20.4 Å². The van der Waals surface area contributed by atoms with E-state index in [1.165, 1.54) is 0 Å². The molecule has 3 aromatic rings. The first-order chi connectivity index (χ1) is 10.1. The molecule has 0 bridgehead atoms. The van der Waals surface area contributed by atoms with Gasteiger partial charge in [-0.05, 0) is 32.0 Å². The average molecular weight is 283 g/mol. The number of amides is 1. The third kappa shape index (κ3) is 2.79. The number of para-hydroxylation sites is 2. The van der Waals surface area contributed by atoms with Crippen LogP contribution < -0.4 is 5.32 Å². The van der Waals surface area contributed by atoms with Crippen LogP contribution in [0.3, 0.4) is 0 Å². The van der Waals surface area contributed by atoms with Crippen LogP contribution in [-0.4, -0.2) is 25.7 Å². The lowest BCUT2D eigenvalue weighted by Gasteiger charge is -2.04. The lowest BCUT2D eigenvalue weighted by atomic mass is 10.3. The summed E-state index contributed by atoms with van der Waals surface area (Å²) >= 11 is 0. The minimum absolute atomic E-state index is 0.199. The van der Waals surface area contributed by atoms with Crippen LogP contribution in [0.4, 0.5) is 0 Å². The molecule has 2 aromatic heterocycles. The zero-order chi connectivity index (χ0) is 14.8. The molecule has 0 radical (unpaired) electrons. The molecule has 2 N–H and O–H groups in total. The van der Waals surface area contributed by atoms with Crippen molar-refractivity contribution in [2.75, 3.05) is 0 Å². The predicted octanol–water partition coefficient (Wildman–Crippen LogP) is 2.27. The van der Waals surface area contributed by atoms with Crippen LogP contribution in [0.15, 0.2) is 36.5 Å². The molecule has 0 unspecified atom stereocenters. The fourth-order valence-electron chi connectivity index (χ4n) is 2.09. The van der Waals surface area contributed by atoms with E-state index in [4.69, 9.17) is 0 Å². The number of carbonyl (C=O) groups excluding carboxylic acids is 1. The van der Waals surface area contributed by atoms with Crippen molar-refractivity contribution in [3.8, 4) is 0 Å². The number of H-pyrrole nitrogens is 1. The summed E-state index contributed by atoms with van der Waals surface area (Å²) in [6, 6.07) is 9.72. The van der Waals surface area contributed by atoms with Crippen LogP contribution in [0.2, 0.25) is 0 Å². The van der Waals surface area contributed by atoms with E-state index in [0.29, 0.717) is 12.2 Å². The van der Waals surface area contributed by atoms with Crippen molar-refractivity contribution >= 4 is 16.9 Å². The molecular weight excluding hydrogens is 266 g/mol. The molecule has 1 aromatic carbocycles. The first-order valence-corrected chi connectivity index (χ1v) is 6.90. The quantitative estimate of drug-likeness (QED) is 0.771. The fourth-order valence-corrected chi connectivity index (χ4v) is 2.09. The van der Waals surface area contributed by atoms with E-state index < -0.39 is 0 Å². The van der Waals surface area contributed by atoms with Crippen LogP contribution in [-0.2, 0) is 6.54 Å². The molecule has 0 fully saturated rings. The number of benzene rings is 1. The van der Waals surface area contributed by atoms with Gasteiger partial charge in [0.25, 0.3) is 5.91 Å². The first-order valence-electron chi connectivity index (χ1n) is 6.90. The number of rotatable bonds is 4. The maximum atomic E-state index is 12.0. The zero-order valence-electron chi connectivity index (χ0n) is 12.0. The van der Waals surface area contributed by atoms with Crippen LogP contribution in [0.1, 0.15) is 36.2 Å². The summed E-state index contributed by atoms with van der Waals surface area (Å²) in [4.78, 5) is 19.6. The molecule has 21 heavy (non-hydrogen) atoms. The maximum absolute atomic E-state index is 12.0. The largest absolute Gasteiger partial charge is 0.343 e. The van der Waals surface area contributed by atoms with Crippen molar-refractivity contribution in [1.29, 1.82) is 0 Å². The van der Waals surface area contributed by atoms with Gasteiger partial charge in [0.1, 0.15) is 11.5 Å². The highest BCUT2D eigenvalue weighted by Gasteiger charge is 2.11. The SMILES string of the molecule is CC(C)n1ccc(C(=O)NCc2nc3ccccc3[nH]2)n1. The highest BCUT2D eigenvalue weighted by atomic mass is 16.1. The van der Waals surface area contributed by atoms with Gasteiger partial charge in [-0.25, -0.2) is 4.98 Å². The van der Waals surface area contributed by atoms with E-state index in [-0.39, 0.29) is 11.9 Å². The molecular formula is C15H17N5O. The number of aromatic amines is 1. The molecule has 0 spiro atoms. The van der Waals surface area contributed by atoms with Crippen molar-refractivity contribution in [3.63, 3.8) is 0 Å². The van der Waals surface area contributed by atoms with Gasteiger partial charge in [-0.15, -0.1) is 0 Å². The smallest absolute Gasteiger partial charge is 0.272 e. The molecule has 2 heterocycles. The molecule has 0 saturated heterocycles. The lowest BCUT2D eigenvalue weighted by Crippen LogP contribution is -2.24. The second kappa shape index (κ2) is 5.40. The van der Waals surface area contributed by atoms with Crippen LogP contribution in [0, 0.1) is 0 Å². The fraction of sp³-hybridized carbons (Fsp3) is 0.267. The standard InChI is InChI=1S/C15H17N5O/c1-10(2)20-8-7-13(19-20)15(21)16-9-14-17-11-5-3-4-6-12(11)18-14/h3-8,10H,9H2,1-2H3,(H,16,21)(H,17,18). The van der Waals surface area contributed by atoms with Crippen molar-refractivity contribution in [1.82, 2.24) is 25.1 Å². The number of hydrogen-bond donors (Lipinski definition) is 2. The Labute approximate surface area is 122 Å². The number of imidazole rings is 1. The Morgan fingerprint density at radius 1 is 1.33 bits per heavy atom. The van der Waals surface area contributed by atoms with Crippen molar-refractivity contribution in [2.45, 2.75) is 26.4 Å². The van der Waals surface area contributed by atoms with Gasteiger partial charge in [0.05, 0.1) is 17.6 Å². The molecule has 0 aliphatic carbocycles.